The number of hydrogen-bond donors (Lipinski definition) is 1. The summed E-state index contributed by atoms with van der Waals surface area (Å²) < 4.78 is 0. The number of hydrogen-bond acceptors (Lipinski definition) is 1. The van der Waals surface area contributed by atoms with Crippen LogP contribution in [0.15, 0.2) is 0 Å². The molecule has 0 spiro atoms. The molecular weight excluding hydrogens is 164 g/mol. The molecular formula is C8H15ClO2. The fraction of sp³-hybridized carbons (Fsp3) is 0.875. The van der Waals surface area contributed by atoms with Crippen LogP contribution < -0.4 is 0 Å². The van der Waals surface area contributed by atoms with Crippen LogP contribution >= 0.6 is 11.6 Å². The summed E-state index contributed by atoms with van der Waals surface area (Å²) in [6.45, 7) is 3.84. The van der Waals surface area contributed by atoms with Crippen molar-refractivity contribution in [3.05, 3.63) is 0 Å². The quantitative estimate of drug-likeness (QED) is 0.657. The van der Waals surface area contributed by atoms with Gasteiger partial charge in [0, 0.05) is 5.38 Å². The molecule has 2 atom stereocenters. The summed E-state index contributed by atoms with van der Waals surface area (Å²) in [7, 11) is 0. The van der Waals surface area contributed by atoms with E-state index in [0.29, 0.717) is 12.8 Å². The molecule has 0 aromatic carbocycles. The molecule has 0 aromatic heterocycles. The lowest BCUT2D eigenvalue weighted by atomic mass is 10.00. The Hall–Kier alpha value is -0.240. The van der Waals surface area contributed by atoms with Crippen LogP contribution in [-0.2, 0) is 4.79 Å². The molecule has 0 saturated heterocycles. The van der Waals surface area contributed by atoms with Crippen molar-refractivity contribution < 1.29 is 9.90 Å². The van der Waals surface area contributed by atoms with E-state index in [0.717, 1.165) is 6.42 Å². The summed E-state index contributed by atoms with van der Waals surface area (Å²) in [5.74, 6) is -0.996. The molecule has 66 valence electrons. The van der Waals surface area contributed by atoms with Gasteiger partial charge in [0.25, 0.3) is 0 Å². The van der Waals surface area contributed by atoms with Gasteiger partial charge in [-0.2, -0.15) is 0 Å². The van der Waals surface area contributed by atoms with Gasteiger partial charge < -0.3 is 5.11 Å². The molecule has 3 heteroatoms. The van der Waals surface area contributed by atoms with E-state index in [9.17, 15) is 4.79 Å². The maximum Gasteiger partial charge on any atom is 0.306 e. The molecule has 2 nitrogen and oxygen atoms in total. The summed E-state index contributed by atoms with van der Waals surface area (Å²) in [5, 5.41) is 8.67. The average molecular weight is 179 g/mol. The highest BCUT2D eigenvalue weighted by molar-refractivity contribution is 6.20. The van der Waals surface area contributed by atoms with E-state index < -0.39 is 5.97 Å². The fourth-order valence-electron chi connectivity index (χ4n) is 0.917. The lowest BCUT2D eigenvalue weighted by molar-refractivity contribution is -0.142. The van der Waals surface area contributed by atoms with Crippen LogP contribution in [0, 0.1) is 5.92 Å². The monoisotopic (exact) mass is 178 g/mol. The third-order valence-electron chi connectivity index (χ3n) is 1.83. The molecule has 0 radical (unpaired) electrons. The van der Waals surface area contributed by atoms with Gasteiger partial charge in [-0.1, -0.05) is 13.8 Å². The van der Waals surface area contributed by atoms with Crippen LogP contribution in [0.5, 0.6) is 0 Å². The largest absolute Gasteiger partial charge is 0.481 e. The molecule has 1 N–H and O–H groups in total. The van der Waals surface area contributed by atoms with Gasteiger partial charge in [-0.3, -0.25) is 4.79 Å². The second-order valence-corrected chi connectivity index (χ2v) is 3.30. The molecule has 0 amide bonds. The summed E-state index contributed by atoms with van der Waals surface area (Å²) in [6.07, 6.45) is 2.09. The molecule has 0 saturated carbocycles. The Bertz CT molecular complexity index is 125. The number of alkyl halides is 1. The van der Waals surface area contributed by atoms with Gasteiger partial charge in [-0.15, -0.1) is 11.6 Å². The predicted octanol–water partition coefficient (Wildman–Crippen LogP) is 2.50. The van der Waals surface area contributed by atoms with E-state index in [1.54, 1.807) is 0 Å². The van der Waals surface area contributed by atoms with Crippen LogP contribution in [0.1, 0.15) is 33.1 Å². The summed E-state index contributed by atoms with van der Waals surface area (Å²) in [6, 6.07) is 0. The first-order valence-corrected chi connectivity index (χ1v) is 4.42. The van der Waals surface area contributed by atoms with Crippen LogP contribution in [-0.4, -0.2) is 16.5 Å². The van der Waals surface area contributed by atoms with Crippen LogP contribution in [0.2, 0.25) is 0 Å². The third kappa shape index (κ3) is 4.25. The molecule has 0 aliphatic heterocycles. The smallest absolute Gasteiger partial charge is 0.306 e. The highest BCUT2D eigenvalue weighted by atomic mass is 35.5. The van der Waals surface area contributed by atoms with Crippen LogP contribution in [0.3, 0.4) is 0 Å². The number of rotatable bonds is 5. The van der Waals surface area contributed by atoms with E-state index in [4.69, 9.17) is 16.7 Å². The van der Waals surface area contributed by atoms with Gasteiger partial charge in [-0.05, 0) is 19.3 Å². The number of aliphatic carboxylic acids is 1. The zero-order valence-corrected chi connectivity index (χ0v) is 7.77. The summed E-state index contributed by atoms with van der Waals surface area (Å²) >= 11 is 5.82. The molecule has 0 fully saturated rings. The number of carbonyl (C=O) groups is 1. The Labute approximate surface area is 72.6 Å². The highest BCUT2D eigenvalue weighted by Crippen LogP contribution is 2.17. The molecule has 0 aliphatic carbocycles. The van der Waals surface area contributed by atoms with E-state index in [2.05, 4.69) is 0 Å². The van der Waals surface area contributed by atoms with Crippen molar-refractivity contribution in [1.29, 1.82) is 0 Å². The van der Waals surface area contributed by atoms with E-state index in [1.165, 1.54) is 0 Å². The Balaban J connectivity index is 3.77. The maximum absolute atomic E-state index is 10.5. The topological polar surface area (TPSA) is 37.3 Å². The van der Waals surface area contributed by atoms with Crippen molar-refractivity contribution >= 4 is 17.6 Å². The Morgan fingerprint density at radius 1 is 1.45 bits per heavy atom. The minimum atomic E-state index is -0.730. The van der Waals surface area contributed by atoms with E-state index in [1.807, 2.05) is 13.8 Å². The van der Waals surface area contributed by atoms with Crippen molar-refractivity contribution in [1.82, 2.24) is 0 Å². The van der Waals surface area contributed by atoms with Gasteiger partial charge in [0.1, 0.15) is 0 Å². The third-order valence-corrected chi connectivity index (χ3v) is 2.31. The molecule has 0 heterocycles. The van der Waals surface area contributed by atoms with Gasteiger partial charge in [0.05, 0.1) is 5.92 Å². The number of carboxylic acids is 1. The summed E-state index contributed by atoms with van der Waals surface area (Å²) in [5.41, 5.74) is 0. The lowest BCUT2D eigenvalue weighted by Gasteiger charge is -2.12. The van der Waals surface area contributed by atoms with Crippen molar-refractivity contribution in [3.63, 3.8) is 0 Å². The standard InChI is InChI=1S/C8H15ClO2/c1-3-6(8(10)11)5-7(9)4-2/h6-7H,3-5H2,1-2H3,(H,10,11). The first-order chi connectivity index (χ1) is 5.11. The molecule has 11 heavy (non-hydrogen) atoms. The van der Waals surface area contributed by atoms with Crippen LogP contribution in [0.4, 0.5) is 0 Å². The summed E-state index contributed by atoms with van der Waals surface area (Å²) in [4.78, 5) is 10.5. The second kappa shape index (κ2) is 5.42. The molecule has 0 aliphatic rings. The Kier molecular flexibility index (Phi) is 5.30. The molecule has 0 rings (SSSR count). The number of carboxylic acid groups (broad SMARTS) is 1. The van der Waals surface area contributed by atoms with Crippen molar-refractivity contribution in [2.24, 2.45) is 5.92 Å². The van der Waals surface area contributed by atoms with E-state index in [-0.39, 0.29) is 11.3 Å². The average Bonchev–Trinajstić information content (AvgIpc) is 1.99. The predicted molar refractivity (Wildman–Crippen MR) is 46.0 cm³/mol. The minimum Gasteiger partial charge on any atom is -0.481 e. The van der Waals surface area contributed by atoms with Gasteiger partial charge >= 0.3 is 5.97 Å². The van der Waals surface area contributed by atoms with Crippen molar-refractivity contribution in [2.75, 3.05) is 0 Å². The van der Waals surface area contributed by atoms with Gasteiger partial charge in [0.15, 0.2) is 0 Å². The van der Waals surface area contributed by atoms with Crippen molar-refractivity contribution in [2.45, 2.75) is 38.5 Å². The molecule has 0 bridgehead atoms. The zero-order chi connectivity index (χ0) is 8.85. The maximum atomic E-state index is 10.5. The van der Waals surface area contributed by atoms with Gasteiger partial charge in [0.2, 0.25) is 0 Å². The van der Waals surface area contributed by atoms with Gasteiger partial charge in [-0.25, -0.2) is 0 Å². The van der Waals surface area contributed by atoms with Crippen LogP contribution in [0.25, 0.3) is 0 Å². The first-order valence-electron chi connectivity index (χ1n) is 3.98. The Morgan fingerprint density at radius 2 is 2.00 bits per heavy atom. The normalized spacial score (nSPS) is 15.9. The van der Waals surface area contributed by atoms with Crippen molar-refractivity contribution in [3.8, 4) is 0 Å². The molecule has 0 aromatic rings. The van der Waals surface area contributed by atoms with E-state index >= 15 is 0 Å². The molecule has 2 unspecified atom stereocenters. The zero-order valence-electron chi connectivity index (χ0n) is 7.01. The first kappa shape index (κ1) is 10.8. The SMILES string of the molecule is CCC(Cl)CC(CC)C(=O)O. The highest BCUT2D eigenvalue weighted by Gasteiger charge is 2.17. The fourth-order valence-corrected chi connectivity index (χ4v) is 1.13. The number of halogens is 1. The Morgan fingerprint density at radius 3 is 2.27 bits per heavy atom. The lowest BCUT2D eigenvalue weighted by Crippen LogP contribution is -2.16. The second-order valence-electron chi connectivity index (χ2n) is 2.68. The minimum absolute atomic E-state index is 0.0102.